The van der Waals surface area contributed by atoms with Crippen LogP contribution in [0.3, 0.4) is 0 Å². The number of carbonyl (C=O) groups excluding carboxylic acids is 1. The fourth-order valence-electron chi connectivity index (χ4n) is 1.77. The molecule has 0 aliphatic heterocycles. The molecular formula is C13H10N4O7. The van der Waals surface area contributed by atoms with E-state index in [9.17, 15) is 25.0 Å². The van der Waals surface area contributed by atoms with Gasteiger partial charge in [-0.25, -0.2) is 5.43 Å². The van der Waals surface area contributed by atoms with Crippen molar-refractivity contribution in [3.05, 3.63) is 61.9 Å². The fourth-order valence-corrected chi connectivity index (χ4v) is 1.77. The highest BCUT2D eigenvalue weighted by molar-refractivity contribution is 5.93. The van der Waals surface area contributed by atoms with Crippen molar-refractivity contribution in [3.8, 4) is 5.75 Å². The number of hydrogen-bond acceptors (Lipinski definition) is 8. The van der Waals surface area contributed by atoms with Gasteiger partial charge in [0.1, 0.15) is 4.92 Å². The van der Waals surface area contributed by atoms with Crippen LogP contribution in [0.25, 0.3) is 0 Å². The number of rotatable bonds is 6. The number of benzene rings is 1. The predicted octanol–water partition coefficient (Wildman–Crippen LogP) is 1.87. The minimum atomic E-state index is -0.843. The first-order valence-electron chi connectivity index (χ1n) is 6.33. The molecule has 11 heteroatoms. The smallest absolute Gasteiger partial charge is 0.433 e. The topological polar surface area (TPSA) is 150 Å². The van der Waals surface area contributed by atoms with Crippen LogP contribution in [-0.4, -0.2) is 29.1 Å². The van der Waals surface area contributed by atoms with Crippen LogP contribution in [0.4, 0.5) is 11.6 Å². The van der Waals surface area contributed by atoms with Crippen molar-refractivity contribution in [2.75, 3.05) is 7.11 Å². The second kappa shape index (κ2) is 7.00. The molecule has 2 aromatic rings. The molecule has 1 aromatic heterocycles. The summed E-state index contributed by atoms with van der Waals surface area (Å²) in [6.45, 7) is 0. The minimum Gasteiger partial charge on any atom is -0.490 e. The second-order valence-electron chi connectivity index (χ2n) is 4.25. The molecular weight excluding hydrogens is 324 g/mol. The monoisotopic (exact) mass is 334 g/mol. The lowest BCUT2D eigenvalue weighted by molar-refractivity contribution is -0.402. The van der Waals surface area contributed by atoms with Crippen molar-refractivity contribution in [3.63, 3.8) is 0 Å². The summed E-state index contributed by atoms with van der Waals surface area (Å²) < 4.78 is 9.59. The predicted molar refractivity (Wildman–Crippen MR) is 80.1 cm³/mol. The summed E-state index contributed by atoms with van der Waals surface area (Å²) in [7, 11) is 1.29. The molecule has 1 amide bonds. The van der Waals surface area contributed by atoms with Gasteiger partial charge < -0.3 is 9.15 Å². The highest BCUT2D eigenvalue weighted by Crippen LogP contribution is 2.29. The number of methoxy groups -OCH3 is 1. The highest BCUT2D eigenvalue weighted by atomic mass is 16.6. The lowest BCUT2D eigenvalue weighted by atomic mass is 10.2. The molecule has 0 saturated carbocycles. The Labute approximate surface area is 133 Å². The van der Waals surface area contributed by atoms with E-state index in [-0.39, 0.29) is 22.8 Å². The Morgan fingerprint density at radius 2 is 2.00 bits per heavy atom. The average Bonchev–Trinajstić information content (AvgIpc) is 3.04. The molecule has 24 heavy (non-hydrogen) atoms. The number of nitrogens with one attached hydrogen (secondary N) is 1. The van der Waals surface area contributed by atoms with Crippen molar-refractivity contribution in [2.45, 2.75) is 0 Å². The Balaban J connectivity index is 2.15. The van der Waals surface area contributed by atoms with E-state index in [0.717, 1.165) is 18.3 Å². The summed E-state index contributed by atoms with van der Waals surface area (Å²) in [5, 5.41) is 25.1. The number of hydrazone groups is 1. The molecule has 0 spiro atoms. The quantitative estimate of drug-likeness (QED) is 0.481. The van der Waals surface area contributed by atoms with Crippen molar-refractivity contribution in [2.24, 2.45) is 5.10 Å². The van der Waals surface area contributed by atoms with Crippen molar-refractivity contribution in [1.29, 1.82) is 0 Å². The maximum Gasteiger partial charge on any atom is 0.433 e. The first-order chi connectivity index (χ1) is 11.4. The zero-order chi connectivity index (χ0) is 17.7. The molecule has 1 aromatic carbocycles. The van der Waals surface area contributed by atoms with Crippen LogP contribution >= 0.6 is 0 Å². The number of carbonyl (C=O) groups is 1. The summed E-state index contributed by atoms with van der Waals surface area (Å²) in [4.78, 5) is 31.8. The molecule has 124 valence electrons. The van der Waals surface area contributed by atoms with E-state index in [1.807, 2.05) is 0 Å². The third-order valence-electron chi connectivity index (χ3n) is 2.80. The van der Waals surface area contributed by atoms with E-state index in [1.165, 1.54) is 25.3 Å². The summed E-state index contributed by atoms with van der Waals surface area (Å²) >= 11 is 0. The molecule has 0 atom stereocenters. The molecule has 0 aliphatic carbocycles. The lowest BCUT2D eigenvalue weighted by Gasteiger charge is -2.03. The van der Waals surface area contributed by atoms with Gasteiger partial charge in [0.05, 0.1) is 29.9 Å². The average molecular weight is 334 g/mol. The molecule has 0 bridgehead atoms. The Morgan fingerprint density at radius 1 is 1.25 bits per heavy atom. The second-order valence-corrected chi connectivity index (χ2v) is 4.25. The minimum absolute atomic E-state index is 0.0388. The van der Waals surface area contributed by atoms with Crippen molar-refractivity contribution >= 4 is 23.7 Å². The maximum absolute atomic E-state index is 11.7. The van der Waals surface area contributed by atoms with Gasteiger partial charge in [-0.15, -0.1) is 0 Å². The van der Waals surface area contributed by atoms with Crippen molar-refractivity contribution in [1.82, 2.24) is 5.43 Å². The number of amides is 1. The van der Waals surface area contributed by atoms with Gasteiger partial charge in [-0.05, 0) is 18.2 Å². The molecule has 0 radical (unpaired) electrons. The van der Waals surface area contributed by atoms with E-state index < -0.39 is 21.6 Å². The van der Waals surface area contributed by atoms with Gasteiger partial charge in [-0.1, -0.05) is 6.07 Å². The largest absolute Gasteiger partial charge is 0.490 e. The Bertz CT molecular complexity index is 827. The number of nitro benzene ring substituents is 1. The number of furan rings is 1. The van der Waals surface area contributed by atoms with E-state index in [2.05, 4.69) is 10.5 Å². The molecule has 2 rings (SSSR count). The first-order valence-corrected chi connectivity index (χ1v) is 6.33. The van der Waals surface area contributed by atoms with Gasteiger partial charge in [0.2, 0.25) is 5.76 Å². The summed E-state index contributed by atoms with van der Waals surface area (Å²) in [5.41, 5.74) is 1.84. The molecule has 0 fully saturated rings. The molecule has 0 aliphatic rings. The lowest BCUT2D eigenvalue weighted by Crippen LogP contribution is -2.16. The SMILES string of the molecule is COc1cccc(/C=N/NC(=O)c2ccc([N+](=O)[O-])o2)c1[N+](=O)[O-]. The van der Waals surface area contributed by atoms with Gasteiger partial charge >= 0.3 is 17.5 Å². The Hall–Kier alpha value is -3.76. The number of nitro groups is 2. The number of para-hydroxylation sites is 1. The van der Waals surface area contributed by atoms with Crippen molar-refractivity contribution < 1.29 is 23.8 Å². The van der Waals surface area contributed by atoms with E-state index in [4.69, 9.17) is 9.15 Å². The van der Waals surface area contributed by atoms with Crippen LogP contribution in [0, 0.1) is 20.2 Å². The molecule has 0 saturated heterocycles. The molecule has 1 N–H and O–H groups in total. The summed E-state index contributed by atoms with van der Waals surface area (Å²) in [6, 6.07) is 6.47. The molecule has 1 heterocycles. The van der Waals surface area contributed by atoms with Crippen LogP contribution in [0.15, 0.2) is 39.9 Å². The van der Waals surface area contributed by atoms with Gasteiger partial charge in [-0.2, -0.15) is 5.10 Å². The Kier molecular flexibility index (Phi) is 4.84. The zero-order valence-electron chi connectivity index (χ0n) is 12.2. The van der Waals surface area contributed by atoms with E-state index in [0.29, 0.717) is 0 Å². The van der Waals surface area contributed by atoms with Crippen LogP contribution < -0.4 is 10.2 Å². The van der Waals surface area contributed by atoms with E-state index in [1.54, 1.807) is 0 Å². The number of ether oxygens (including phenoxy) is 1. The van der Waals surface area contributed by atoms with Crippen LogP contribution in [-0.2, 0) is 0 Å². The number of nitrogens with zero attached hydrogens (tertiary/aromatic N) is 3. The van der Waals surface area contributed by atoms with Gasteiger partial charge in [0.15, 0.2) is 5.75 Å². The fraction of sp³-hybridized carbons (Fsp3) is 0.0769. The van der Waals surface area contributed by atoms with Gasteiger partial charge in [0, 0.05) is 0 Å². The first kappa shape index (κ1) is 16.6. The third kappa shape index (κ3) is 3.52. The van der Waals surface area contributed by atoms with Crippen LogP contribution in [0.5, 0.6) is 5.75 Å². The van der Waals surface area contributed by atoms with Gasteiger partial charge in [-0.3, -0.25) is 25.0 Å². The molecule has 0 unspecified atom stereocenters. The van der Waals surface area contributed by atoms with E-state index >= 15 is 0 Å². The summed E-state index contributed by atoms with van der Waals surface area (Å²) in [5.74, 6) is -1.71. The third-order valence-corrected chi connectivity index (χ3v) is 2.80. The van der Waals surface area contributed by atoms with Crippen LogP contribution in [0.2, 0.25) is 0 Å². The van der Waals surface area contributed by atoms with Gasteiger partial charge in [0.25, 0.3) is 0 Å². The maximum atomic E-state index is 11.7. The summed E-state index contributed by atoms with van der Waals surface area (Å²) in [6.07, 6.45) is 1.05. The Morgan fingerprint density at radius 3 is 2.58 bits per heavy atom. The van der Waals surface area contributed by atoms with Crippen LogP contribution in [0.1, 0.15) is 16.1 Å². The normalized spacial score (nSPS) is 10.5. The molecule has 11 nitrogen and oxygen atoms in total. The standard InChI is InChI=1S/C13H10N4O7/c1-23-9-4-2-3-8(12(9)17(21)22)7-14-15-13(18)10-5-6-11(24-10)16(19)20/h2-7H,1H3,(H,15,18)/b14-7+. The zero-order valence-corrected chi connectivity index (χ0v) is 12.2. The highest BCUT2D eigenvalue weighted by Gasteiger charge is 2.20. The number of hydrogen-bond donors (Lipinski definition) is 1.